The third-order valence-corrected chi connectivity index (χ3v) is 11.3. The molecule has 0 aliphatic carbocycles. The Morgan fingerprint density at radius 3 is 1.13 bits per heavy atom. The predicted molar refractivity (Wildman–Crippen MR) is 240 cm³/mol. The topological polar surface area (TPSA) is 6.48 Å². The van der Waals surface area contributed by atoms with E-state index in [0.29, 0.717) is 33.9 Å². The molecule has 0 N–H and O–H groups in total. The number of anilines is 6. The minimum atomic E-state index is -0.578. The molecule has 0 aliphatic rings. The van der Waals surface area contributed by atoms with Crippen LogP contribution in [0.15, 0.2) is 182 Å². The Hall–Kier alpha value is -7.44. The van der Waals surface area contributed by atoms with Gasteiger partial charge in [0.15, 0.2) is 0 Å². The van der Waals surface area contributed by atoms with Gasteiger partial charge in [0.2, 0.25) is 0 Å². The summed E-state index contributed by atoms with van der Waals surface area (Å²) in [5.74, 6) is -2.24. The van der Waals surface area contributed by atoms with Crippen molar-refractivity contribution in [2.24, 2.45) is 0 Å². The number of rotatable bonds is 8. The van der Waals surface area contributed by atoms with Crippen molar-refractivity contribution in [3.8, 4) is 22.3 Å². The predicted octanol–water partition coefficient (Wildman–Crippen LogP) is 16.0. The van der Waals surface area contributed by atoms with Crippen molar-refractivity contribution in [2.75, 3.05) is 9.80 Å². The van der Waals surface area contributed by atoms with Gasteiger partial charge in [0, 0.05) is 45.4 Å². The number of halogens is 4. The fourth-order valence-corrected chi connectivity index (χ4v) is 8.61. The van der Waals surface area contributed by atoms with Crippen LogP contribution in [0.2, 0.25) is 0 Å². The van der Waals surface area contributed by atoms with E-state index in [-0.39, 0.29) is 22.5 Å². The van der Waals surface area contributed by atoms with Crippen molar-refractivity contribution in [1.29, 1.82) is 0 Å². The van der Waals surface area contributed by atoms with Crippen molar-refractivity contribution >= 4 is 66.4 Å². The summed E-state index contributed by atoms with van der Waals surface area (Å²) in [5, 5.41) is 5.28. The summed E-state index contributed by atoms with van der Waals surface area (Å²) in [6, 6.07) is 54.4. The lowest BCUT2D eigenvalue weighted by Crippen LogP contribution is -2.14. The Morgan fingerprint density at radius 2 is 0.733 bits per heavy atom. The van der Waals surface area contributed by atoms with Gasteiger partial charge in [-0.05, 0) is 95.1 Å². The van der Waals surface area contributed by atoms with Gasteiger partial charge in [-0.15, -0.1) is 0 Å². The molecule has 0 bridgehead atoms. The first-order valence-electron chi connectivity index (χ1n) is 19.8. The second kappa shape index (κ2) is 14.7. The van der Waals surface area contributed by atoms with Gasteiger partial charge in [-0.3, -0.25) is 0 Å². The average Bonchev–Trinajstić information content (AvgIpc) is 3.26. The van der Waals surface area contributed by atoms with Crippen LogP contribution >= 0.6 is 0 Å². The molecule has 0 aliphatic heterocycles. The molecule has 0 spiro atoms. The second-order valence-electron chi connectivity index (χ2n) is 15.2. The van der Waals surface area contributed by atoms with Crippen LogP contribution in [-0.4, -0.2) is 0 Å². The summed E-state index contributed by atoms with van der Waals surface area (Å²) in [4.78, 5) is 3.52. The van der Waals surface area contributed by atoms with Crippen LogP contribution in [0, 0.1) is 37.1 Å². The molecule has 0 saturated carbocycles. The van der Waals surface area contributed by atoms with E-state index in [1.165, 1.54) is 24.3 Å². The van der Waals surface area contributed by atoms with E-state index in [9.17, 15) is 0 Å². The lowest BCUT2D eigenvalue weighted by Gasteiger charge is -2.30. The van der Waals surface area contributed by atoms with Crippen LogP contribution in [0.5, 0.6) is 0 Å². The average molecular weight is 789 g/mol. The molecule has 290 valence electrons. The number of aryl methyl sites for hydroxylation is 2. The zero-order chi connectivity index (χ0) is 41.1. The summed E-state index contributed by atoms with van der Waals surface area (Å²) >= 11 is 0. The highest BCUT2D eigenvalue weighted by Gasteiger charge is 2.26. The van der Waals surface area contributed by atoms with Crippen molar-refractivity contribution < 1.29 is 17.6 Å². The minimum Gasteiger partial charge on any atom is -0.307 e. The van der Waals surface area contributed by atoms with Crippen LogP contribution < -0.4 is 9.80 Å². The third kappa shape index (κ3) is 6.29. The molecule has 0 saturated heterocycles. The normalized spacial score (nSPS) is 11.5. The summed E-state index contributed by atoms with van der Waals surface area (Å²) in [6.07, 6.45) is 0. The van der Waals surface area contributed by atoms with Crippen molar-refractivity contribution in [3.63, 3.8) is 0 Å². The van der Waals surface area contributed by atoms with E-state index in [4.69, 9.17) is 0 Å². The fraction of sp³-hybridized carbons (Fsp3) is 0.0370. The van der Waals surface area contributed by atoms with Crippen LogP contribution in [-0.2, 0) is 0 Å². The molecule has 2 nitrogen and oxygen atoms in total. The Kier molecular flexibility index (Phi) is 9.06. The lowest BCUT2D eigenvalue weighted by atomic mass is 9.91. The highest BCUT2D eigenvalue weighted by molar-refractivity contribution is 6.28. The van der Waals surface area contributed by atoms with Gasteiger partial charge < -0.3 is 9.80 Å². The largest absolute Gasteiger partial charge is 0.307 e. The lowest BCUT2D eigenvalue weighted by molar-refractivity contribution is 0.604. The van der Waals surface area contributed by atoms with Crippen LogP contribution in [0.1, 0.15) is 11.1 Å². The maximum Gasteiger partial charge on any atom is 0.148 e. The van der Waals surface area contributed by atoms with Gasteiger partial charge in [0.1, 0.15) is 23.3 Å². The number of para-hydroxylation sites is 2. The fourth-order valence-electron chi connectivity index (χ4n) is 8.61. The molecule has 0 amide bonds. The number of nitrogens with zero attached hydrogens (tertiary/aromatic N) is 2. The Balaban J connectivity index is 1.19. The zero-order valence-electron chi connectivity index (χ0n) is 32.7. The van der Waals surface area contributed by atoms with Gasteiger partial charge in [0.05, 0.1) is 22.7 Å². The number of benzene rings is 10. The first-order valence-corrected chi connectivity index (χ1v) is 19.8. The van der Waals surface area contributed by atoms with Gasteiger partial charge in [0.25, 0.3) is 0 Å². The molecule has 0 atom stereocenters. The van der Waals surface area contributed by atoms with Crippen LogP contribution in [0.4, 0.5) is 51.7 Å². The maximum absolute atomic E-state index is 16.6. The number of hydrogen-bond acceptors (Lipinski definition) is 2. The first-order chi connectivity index (χ1) is 29.2. The molecule has 10 aromatic rings. The maximum atomic E-state index is 16.6. The van der Waals surface area contributed by atoms with Gasteiger partial charge in [-0.25, -0.2) is 17.6 Å². The van der Waals surface area contributed by atoms with E-state index in [1.54, 1.807) is 21.9 Å². The SMILES string of the molecule is Cc1cccc(-c2cc(F)c(N(c3ccccc3)c3ccc4ccc5c(N(c6ccccc6)c6cc(F)c(-c7cccc(C)c7)cc6F)ccc6ccc3c4c65)cc2F)c1. The molecule has 0 radical (unpaired) electrons. The molecule has 6 heteroatoms. The summed E-state index contributed by atoms with van der Waals surface area (Å²) in [5.41, 5.74) is 6.16. The smallest absolute Gasteiger partial charge is 0.148 e. The molecule has 10 aromatic carbocycles. The quantitative estimate of drug-likeness (QED) is 0.112. The molecule has 0 fully saturated rings. The monoisotopic (exact) mass is 788 g/mol. The van der Waals surface area contributed by atoms with Gasteiger partial charge in [-0.2, -0.15) is 0 Å². The molecule has 0 aromatic heterocycles. The van der Waals surface area contributed by atoms with Gasteiger partial charge >= 0.3 is 0 Å². The minimum absolute atomic E-state index is 0.0627. The van der Waals surface area contributed by atoms with E-state index >= 15 is 17.6 Å². The molecular formula is C54H36F4N2. The number of hydrogen-bond donors (Lipinski definition) is 0. The second-order valence-corrected chi connectivity index (χ2v) is 15.2. The van der Waals surface area contributed by atoms with E-state index < -0.39 is 23.3 Å². The Labute approximate surface area is 345 Å². The van der Waals surface area contributed by atoms with Gasteiger partial charge in [-0.1, -0.05) is 132 Å². The zero-order valence-corrected chi connectivity index (χ0v) is 32.7. The Bertz CT molecular complexity index is 3020. The molecule has 60 heavy (non-hydrogen) atoms. The highest BCUT2D eigenvalue weighted by atomic mass is 19.1. The van der Waals surface area contributed by atoms with E-state index in [0.717, 1.165) is 43.4 Å². The summed E-state index contributed by atoms with van der Waals surface area (Å²) in [6.45, 7) is 3.84. The standard InChI is InChI=1S/C54H36F4N2/c1-33-11-9-13-37(27-33)43-29-47(57)51(31-45(43)55)59(39-15-5-3-6-16-39)49-25-21-35-20-24-42-50(26-22-36-19-23-41(49)53(35)54(36)42)60(40-17-7-4-8-18-40)52-32-46(56)44(30-48(52)58)38-14-10-12-34(2)28-38/h3-32H,1-2H3. The van der Waals surface area contributed by atoms with Crippen molar-refractivity contribution in [1.82, 2.24) is 0 Å². The molecule has 0 unspecified atom stereocenters. The van der Waals surface area contributed by atoms with E-state index in [1.807, 2.05) is 159 Å². The Morgan fingerprint density at radius 1 is 0.333 bits per heavy atom. The summed E-state index contributed by atoms with van der Waals surface area (Å²) in [7, 11) is 0. The van der Waals surface area contributed by atoms with Crippen LogP contribution in [0.25, 0.3) is 54.6 Å². The highest BCUT2D eigenvalue weighted by Crippen LogP contribution is 2.49. The van der Waals surface area contributed by atoms with Crippen molar-refractivity contribution in [2.45, 2.75) is 13.8 Å². The summed E-state index contributed by atoms with van der Waals surface area (Å²) < 4.78 is 65.7. The first kappa shape index (κ1) is 36.9. The third-order valence-electron chi connectivity index (χ3n) is 11.3. The molecule has 0 heterocycles. The van der Waals surface area contributed by atoms with E-state index in [2.05, 4.69) is 0 Å². The van der Waals surface area contributed by atoms with Crippen molar-refractivity contribution in [3.05, 3.63) is 216 Å². The molecular weight excluding hydrogens is 753 g/mol. The van der Waals surface area contributed by atoms with Crippen LogP contribution in [0.3, 0.4) is 0 Å². The molecule has 10 rings (SSSR count).